The summed E-state index contributed by atoms with van der Waals surface area (Å²) in [6.07, 6.45) is 1.61. The van der Waals surface area contributed by atoms with Crippen LogP contribution in [0.5, 0.6) is 0 Å². The molecule has 0 bridgehead atoms. The lowest BCUT2D eigenvalue weighted by Crippen LogP contribution is -2.40. The van der Waals surface area contributed by atoms with E-state index in [4.69, 9.17) is 23.2 Å². The van der Waals surface area contributed by atoms with Crippen molar-refractivity contribution in [2.24, 2.45) is 0 Å². The van der Waals surface area contributed by atoms with E-state index in [1.807, 2.05) is 6.07 Å². The summed E-state index contributed by atoms with van der Waals surface area (Å²) >= 11 is 11.7. The predicted molar refractivity (Wildman–Crippen MR) is 49.9 cm³/mol. The van der Waals surface area contributed by atoms with Crippen LogP contribution in [0.3, 0.4) is 0 Å². The Kier molecular flexibility index (Phi) is 2.22. The van der Waals surface area contributed by atoms with E-state index in [1.165, 1.54) is 0 Å². The topological polar surface area (TPSA) is 24.9 Å². The van der Waals surface area contributed by atoms with E-state index in [1.54, 1.807) is 6.20 Å². The minimum Gasteiger partial charge on any atom is -0.315 e. The van der Waals surface area contributed by atoms with E-state index in [0.29, 0.717) is 16.1 Å². The van der Waals surface area contributed by atoms with Crippen molar-refractivity contribution >= 4 is 23.2 Å². The van der Waals surface area contributed by atoms with Gasteiger partial charge in [-0.05, 0) is 11.6 Å². The maximum absolute atomic E-state index is 5.95. The van der Waals surface area contributed by atoms with Crippen LogP contribution in [-0.4, -0.2) is 18.1 Å². The fraction of sp³-hybridized carbons (Fsp3) is 0.375. The van der Waals surface area contributed by atoms with Crippen molar-refractivity contribution in [2.45, 2.75) is 5.92 Å². The molecule has 0 aromatic carbocycles. The Morgan fingerprint density at radius 3 is 2.75 bits per heavy atom. The third kappa shape index (κ3) is 1.42. The highest BCUT2D eigenvalue weighted by Gasteiger charge is 2.21. The van der Waals surface area contributed by atoms with Gasteiger partial charge in [-0.2, -0.15) is 0 Å². The number of pyridine rings is 1. The number of rotatable bonds is 1. The predicted octanol–water partition coefficient (Wildman–Crippen LogP) is 2.08. The fourth-order valence-electron chi connectivity index (χ4n) is 1.25. The molecule has 1 fully saturated rings. The highest BCUT2D eigenvalue weighted by molar-refractivity contribution is 6.32. The minimum atomic E-state index is 0.512. The lowest BCUT2D eigenvalue weighted by Gasteiger charge is -2.28. The SMILES string of the molecule is Clc1cc(C2CNC2)c(Cl)cn1. The lowest BCUT2D eigenvalue weighted by atomic mass is 9.95. The quantitative estimate of drug-likeness (QED) is 0.706. The van der Waals surface area contributed by atoms with Gasteiger partial charge in [0, 0.05) is 25.2 Å². The molecule has 2 rings (SSSR count). The fourth-order valence-corrected chi connectivity index (χ4v) is 1.67. The molecule has 64 valence electrons. The molecule has 1 N–H and O–H groups in total. The average molecular weight is 203 g/mol. The molecule has 0 amide bonds. The van der Waals surface area contributed by atoms with Crippen molar-refractivity contribution in [1.29, 1.82) is 0 Å². The highest BCUT2D eigenvalue weighted by atomic mass is 35.5. The summed E-state index contributed by atoms with van der Waals surface area (Å²) < 4.78 is 0. The average Bonchev–Trinajstić information content (AvgIpc) is 1.93. The van der Waals surface area contributed by atoms with Crippen molar-refractivity contribution in [3.8, 4) is 0 Å². The van der Waals surface area contributed by atoms with E-state index < -0.39 is 0 Å². The smallest absolute Gasteiger partial charge is 0.129 e. The Bertz CT molecular complexity index is 297. The zero-order chi connectivity index (χ0) is 8.55. The van der Waals surface area contributed by atoms with Crippen molar-refractivity contribution in [3.63, 3.8) is 0 Å². The molecule has 1 aliphatic heterocycles. The molecule has 1 aromatic heterocycles. The van der Waals surface area contributed by atoms with E-state index in [-0.39, 0.29) is 0 Å². The van der Waals surface area contributed by atoms with Gasteiger partial charge in [0.15, 0.2) is 0 Å². The first kappa shape index (κ1) is 8.30. The summed E-state index contributed by atoms with van der Waals surface area (Å²) in [5, 5.41) is 4.41. The summed E-state index contributed by atoms with van der Waals surface area (Å²) in [5.41, 5.74) is 1.11. The summed E-state index contributed by atoms with van der Waals surface area (Å²) in [6.45, 7) is 1.97. The zero-order valence-electron chi connectivity index (χ0n) is 6.35. The van der Waals surface area contributed by atoms with Crippen LogP contribution in [0.2, 0.25) is 10.2 Å². The van der Waals surface area contributed by atoms with Gasteiger partial charge in [-0.1, -0.05) is 23.2 Å². The molecule has 2 nitrogen and oxygen atoms in total. The molecule has 0 aliphatic carbocycles. The van der Waals surface area contributed by atoms with Gasteiger partial charge in [0.05, 0.1) is 5.02 Å². The zero-order valence-corrected chi connectivity index (χ0v) is 7.86. The first-order valence-corrected chi connectivity index (χ1v) is 4.54. The monoisotopic (exact) mass is 202 g/mol. The number of hydrogen-bond acceptors (Lipinski definition) is 2. The van der Waals surface area contributed by atoms with E-state index in [9.17, 15) is 0 Å². The Balaban J connectivity index is 2.34. The van der Waals surface area contributed by atoms with Gasteiger partial charge in [0.25, 0.3) is 0 Å². The molecule has 0 atom stereocenters. The second-order valence-electron chi connectivity index (χ2n) is 2.88. The molecule has 4 heteroatoms. The second kappa shape index (κ2) is 3.21. The number of hydrogen-bond donors (Lipinski definition) is 1. The summed E-state index contributed by atoms with van der Waals surface area (Å²) in [4.78, 5) is 3.89. The van der Waals surface area contributed by atoms with Gasteiger partial charge in [0.2, 0.25) is 0 Å². The van der Waals surface area contributed by atoms with E-state index in [0.717, 1.165) is 18.7 Å². The van der Waals surface area contributed by atoms with Crippen LogP contribution in [0.1, 0.15) is 11.5 Å². The molecule has 0 radical (unpaired) electrons. The first-order chi connectivity index (χ1) is 5.77. The maximum Gasteiger partial charge on any atom is 0.129 e. The van der Waals surface area contributed by atoms with Crippen molar-refractivity contribution < 1.29 is 0 Å². The van der Waals surface area contributed by atoms with Crippen LogP contribution in [0.25, 0.3) is 0 Å². The molecule has 0 saturated carbocycles. The summed E-state index contributed by atoms with van der Waals surface area (Å²) in [5.74, 6) is 0.512. The third-order valence-electron chi connectivity index (χ3n) is 2.07. The largest absolute Gasteiger partial charge is 0.315 e. The van der Waals surface area contributed by atoms with Crippen molar-refractivity contribution in [2.75, 3.05) is 13.1 Å². The summed E-state index contributed by atoms with van der Waals surface area (Å²) in [6, 6.07) is 1.84. The Morgan fingerprint density at radius 1 is 1.42 bits per heavy atom. The lowest BCUT2D eigenvalue weighted by molar-refractivity contribution is 0.448. The number of aromatic nitrogens is 1. The van der Waals surface area contributed by atoms with E-state index in [2.05, 4.69) is 10.3 Å². The standard InChI is InChI=1S/C8H8Cl2N2/c9-7-4-12-8(10)1-6(7)5-2-11-3-5/h1,4-5,11H,2-3H2. The number of nitrogens with zero attached hydrogens (tertiary/aromatic N) is 1. The van der Waals surface area contributed by atoms with Crippen LogP contribution in [0, 0.1) is 0 Å². The Hall–Kier alpha value is -0.310. The van der Waals surface area contributed by atoms with Crippen molar-refractivity contribution in [1.82, 2.24) is 10.3 Å². The second-order valence-corrected chi connectivity index (χ2v) is 3.68. The van der Waals surface area contributed by atoms with Gasteiger partial charge in [-0.25, -0.2) is 4.98 Å². The molecular weight excluding hydrogens is 195 g/mol. The summed E-state index contributed by atoms with van der Waals surface area (Å²) in [7, 11) is 0. The van der Waals surface area contributed by atoms with Gasteiger partial charge >= 0.3 is 0 Å². The van der Waals surface area contributed by atoms with Gasteiger partial charge in [-0.15, -0.1) is 0 Å². The molecule has 0 spiro atoms. The van der Waals surface area contributed by atoms with Crippen LogP contribution in [0.15, 0.2) is 12.3 Å². The third-order valence-corrected chi connectivity index (χ3v) is 2.60. The van der Waals surface area contributed by atoms with Gasteiger partial charge in [-0.3, -0.25) is 0 Å². The number of nitrogens with one attached hydrogen (secondary N) is 1. The molecule has 1 aromatic rings. The Morgan fingerprint density at radius 2 is 2.17 bits per heavy atom. The van der Waals surface area contributed by atoms with Crippen LogP contribution in [-0.2, 0) is 0 Å². The van der Waals surface area contributed by atoms with Crippen LogP contribution < -0.4 is 5.32 Å². The molecule has 0 unspecified atom stereocenters. The van der Waals surface area contributed by atoms with Gasteiger partial charge < -0.3 is 5.32 Å². The molecule has 1 aliphatic rings. The Labute approximate surface area is 80.9 Å². The van der Waals surface area contributed by atoms with Crippen LogP contribution >= 0.6 is 23.2 Å². The van der Waals surface area contributed by atoms with Crippen molar-refractivity contribution in [3.05, 3.63) is 28.0 Å². The maximum atomic E-state index is 5.95. The molecular formula is C8H8Cl2N2. The normalized spacial score (nSPS) is 17.5. The highest BCUT2D eigenvalue weighted by Crippen LogP contribution is 2.28. The molecule has 2 heterocycles. The van der Waals surface area contributed by atoms with E-state index >= 15 is 0 Å². The van der Waals surface area contributed by atoms with Crippen LogP contribution in [0.4, 0.5) is 0 Å². The number of halogens is 2. The van der Waals surface area contributed by atoms with Gasteiger partial charge in [0.1, 0.15) is 5.15 Å². The first-order valence-electron chi connectivity index (χ1n) is 3.79. The molecule has 12 heavy (non-hydrogen) atoms. The minimum absolute atomic E-state index is 0.512. The molecule has 1 saturated heterocycles.